The zero-order chi connectivity index (χ0) is 12.4. The van der Waals surface area contributed by atoms with E-state index in [1.807, 2.05) is 6.07 Å². The first-order chi connectivity index (χ1) is 8.09. The average Bonchev–Trinajstić information content (AvgIpc) is 2.81. The van der Waals surface area contributed by atoms with Crippen LogP contribution in [-0.4, -0.2) is 24.3 Å². The Morgan fingerprint density at radius 1 is 1.59 bits per heavy atom. The fraction of sp³-hybridized carbons (Fsp3) is 0.417. The van der Waals surface area contributed by atoms with Crippen LogP contribution in [0.4, 0.5) is 0 Å². The van der Waals surface area contributed by atoms with Crippen LogP contribution < -0.4 is 5.73 Å². The summed E-state index contributed by atoms with van der Waals surface area (Å²) < 4.78 is 5.30. The molecule has 0 aromatic heterocycles. The van der Waals surface area contributed by atoms with E-state index in [2.05, 4.69) is 0 Å². The van der Waals surface area contributed by atoms with Crippen LogP contribution in [0.25, 0.3) is 0 Å². The van der Waals surface area contributed by atoms with Crippen LogP contribution in [-0.2, 0) is 9.53 Å². The van der Waals surface area contributed by atoms with E-state index in [4.69, 9.17) is 27.2 Å². The molecule has 1 aliphatic rings. The molecule has 3 N–H and O–H groups in total. The Morgan fingerprint density at radius 3 is 2.88 bits per heavy atom. The van der Waals surface area contributed by atoms with Gasteiger partial charge in [-0.1, -0.05) is 23.7 Å². The molecule has 1 fully saturated rings. The molecule has 0 radical (unpaired) electrons. The minimum absolute atomic E-state index is 0.303. The minimum Gasteiger partial charge on any atom is -0.480 e. The number of rotatable bonds is 3. The molecule has 1 heterocycles. The van der Waals surface area contributed by atoms with Crippen molar-refractivity contribution in [2.24, 2.45) is 5.73 Å². The highest BCUT2D eigenvalue weighted by Crippen LogP contribution is 2.32. The molecule has 4 nitrogen and oxygen atoms in total. The largest absolute Gasteiger partial charge is 0.480 e. The molecule has 5 heteroatoms. The molecular weight excluding hydrogens is 242 g/mol. The van der Waals surface area contributed by atoms with Gasteiger partial charge in [-0.15, -0.1) is 0 Å². The average molecular weight is 256 g/mol. The number of hydrogen-bond donors (Lipinski definition) is 2. The molecule has 17 heavy (non-hydrogen) atoms. The van der Waals surface area contributed by atoms with Crippen LogP contribution in [0.1, 0.15) is 29.5 Å². The third-order valence-electron chi connectivity index (χ3n) is 3.02. The zero-order valence-electron chi connectivity index (χ0n) is 9.23. The predicted octanol–water partition coefficient (Wildman–Crippen LogP) is 1.93. The van der Waals surface area contributed by atoms with E-state index in [1.165, 1.54) is 0 Å². The Balaban J connectivity index is 2.25. The van der Waals surface area contributed by atoms with Crippen molar-refractivity contribution in [1.82, 2.24) is 0 Å². The minimum atomic E-state index is -1.06. The summed E-state index contributed by atoms with van der Waals surface area (Å²) in [6.45, 7) is 1.42. The van der Waals surface area contributed by atoms with E-state index in [9.17, 15) is 4.79 Å². The number of benzene rings is 1. The number of carbonyl (C=O) groups is 1. The van der Waals surface area contributed by atoms with Gasteiger partial charge in [0.2, 0.25) is 0 Å². The van der Waals surface area contributed by atoms with Crippen molar-refractivity contribution >= 4 is 17.6 Å². The van der Waals surface area contributed by atoms with Crippen LogP contribution >= 0.6 is 11.6 Å². The van der Waals surface area contributed by atoms with Gasteiger partial charge >= 0.3 is 5.97 Å². The Bertz CT molecular complexity index is 430. The maximum Gasteiger partial charge on any atom is 0.325 e. The molecule has 1 aromatic rings. The van der Waals surface area contributed by atoms with Crippen LogP contribution in [0.3, 0.4) is 0 Å². The Labute approximate surface area is 104 Å². The number of carboxylic acid groups (broad SMARTS) is 1. The highest BCUT2D eigenvalue weighted by Gasteiger charge is 2.22. The highest BCUT2D eigenvalue weighted by molar-refractivity contribution is 6.31. The van der Waals surface area contributed by atoms with Crippen molar-refractivity contribution in [3.8, 4) is 0 Å². The van der Waals surface area contributed by atoms with Crippen molar-refractivity contribution in [1.29, 1.82) is 0 Å². The van der Waals surface area contributed by atoms with Crippen LogP contribution in [0.2, 0.25) is 5.02 Å². The van der Waals surface area contributed by atoms with Crippen molar-refractivity contribution in [2.45, 2.75) is 18.4 Å². The molecule has 0 aliphatic carbocycles. The first kappa shape index (κ1) is 12.4. The van der Waals surface area contributed by atoms with Gasteiger partial charge < -0.3 is 15.6 Å². The summed E-state index contributed by atoms with van der Waals surface area (Å²) in [5.74, 6) is -0.754. The van der Waals surface area contributed by atoms with Crippen LogP contribution in [0, 0.1) is 0 Å². The third kappa shape index (κ3) is 2.60. The highest BCUT2D eigenvalue weighted by atomic mass is 35.5. The second kappa shape index (κ2) is 5.04. The summed E-state index contributed by atoms with van der Waals surface area (Å²) in [5, 5.41) is 9.38. The molecule has 2 unspecified atom stereocenters. The third-order valence-corrected chi connectivity index (χ3v) is 3.35. The van der Waals surface area contributed by atoms with Crippen LogP contribution in [0.5, 0.6) is 0 Å². The molecule has 0 bridgehead atoms. The standard InChI is InChI=1S/C12H14ClNO3/c13-10-5-7(11(14)12(15)16)1-2-9(10)8-3-4-17-6-8/h1-2,5,8,11H,3-4,6,14H2,(H,15,16). The number of hydrogen-bond acceptors (Lipinski definition) is 3. The van der Waals surface area contributed by atoms with E-state index in [1.54, 1.807) is 12.1 Å². The van der Waals surface area contributed by atoms with Crippen molar-refractivity contribution in [3.63, 3.8) is 0 Å². The normalized spacial score (nSPS) is 21.4. The topological polar surface area (TPSA) is 72.6 Å². The summed E-state index contributed by atoms with van der Waals surface area (Å²) >= 11 is 6.15. The van der Waals surface area contributed by atoms with Crippen molar-refractivity contribution in [3.05, 3.63) is 34.3 Å². The van der Waals surface area contributed by atoms with E-state index in [0.29, 0.717) is 23.1 Å². The lowest BCUT2D eigenvalue weighted by molar-refractivity contribution is -0.138. The van der Waals surface area contributed by atoms with Gasteiger partial charge in [-0.3, -0.25) is 4.79 Å². The molecule has 0 saturated carbocycles. The van der Waals surface area contributed by atoms with E-state index in [0.717, 1.165) is 18.6 Å². The lowest BCUT2D eigenvalue weighted by atomic mass is 9.96. The smallest absolute Gasteiger partial charge is 0.325 e. The van der Waals surface area contributed by atoms with Crippen molar-refractivity contribution in [2.75, 3.05) is 13.2 Å². The lowest BCUT2D eigenvalue weighted by Crippen LogP contribution is -2.20. The van der Waals surface area contributed by atoms with E-state index in [-0.39, 0.29) is 0 Å². The second-order valence-electron chi connectivity index (χ2n) is 4.16. The van der Waals surface area contributed by atoms with Gasteiger partial charge in [-0.25, -0.2) is 0 Å². The molecule has 1 saturated heterocycles. The van der Waals surface area contributed by atoms with E-state index < -0.39 is 12.0 Å². The van der Waals surface area contributed by atoms with Crippen LogP contribution in [0.15, 0.2) is 18.2 Å². The molecular formula is C12H14ClNO3. The zero-order valence-corrected chi connectivity index (χ0v) is 9.98. The fourth-order valence-electron chi connectivity index (χ4n) is 1.99. The summed E-state index contributed by atoms with van der Waals surface area (Å²) in [6, 6.07) is 4.17. The molecule has 1 aromatic carbocycles. The summed E-state index contributed by atoms with van der Waals surface area (Å²) in [5.41, 5.74) is 7.05. The fourth-order valence-corrected chi connectivity index (χ4v) is 2.33. The monoisotopic (exact) mass is 255 g/mol. The van der Waals surface area contributed by atoms with Gasteiger partial charge in [0.05, 0.1) is 6.61 Å². The molecule has 0 amide bonds. The molecule has 2 rings (SSSR count). The predicted molar refractivity (Wildman–Crippen MR) is 64.2 cm³/mol. The summed E-state index contributed by atoms with van der Waals surface area (Å²) in [7, 11) is 0. The SMILES string of the molecule is NC(C(=O)O)c1ccc(C2CCOC2)c(Cl)c1. The first-order valence-corrected chi connectivity index (χ1v) is 5.83. The Morgan fingerprint density at radius 2 is 2.35 bits per heavy atom. The maximum atomic E-state index is 10.8. The molecule has 0 spiro atoms. The molecule has 92 valence electrons. The number of aliphatic carboxylic acids is 1. The second-order valence-corrected chi connectivity index (χ2v) is 4.56. The number of halogens is 1. The summed E-state index contributed by atoms with van der Waals surface area (Å²) in [4.78, 5) is 10.8. The number of carboxylic acids is 1. The first-order valence-electron chi connectivity index (χ1n) is 5.45. The number of ether oxygens (including phenoxy) is 1. The van der Waals surface area contributed by atoms with Crippen molar-refractivity contribution < 1.29 is 14.6 Å². The Hall–Kier alpha value is -1.10. The molecule has 2 atom stereocenters. The Kier molecular flexibility index (Phi) is 3.66. The van der Waals surface area contributed by atoms with Gasteiger partial charge in [-0.05, 0) is 23.6 Å². The van der Waals surface area contributed by atoms with Gasteiger partial charge in [0.25, 0.3) is 0 Å². The lowest BCUT2D eigenvalue weighted by Gasteiger charge is -2.13. The van der Waals surface area contributed by atoms with Gasteiger partial charge in [0.15, 0.2) is 0 Å². The number of nitrogens with two attached hydrogens (primary N) is 1. The van der Waals surface area contributed by atoms with E-state index >= 15 is 0 Å². The maximum absolute atomic E-state index is 10.8. The van der Waals surface area contributed by atoms with Gasteiger partial charge in [0, 0.05) is 17.5 Å². The quantitative estimate of drug-likeness (QED) is 0.866. The summed E-state index contributed by atoms with van der Waals surface area (Å²) in [6.07, 6.45) is 0.948. The molecule has 1 aliphatic heterocycles. The van der Waals surface area contributed by atoms with Gasteiger partial charge in [0.1, 0.15) is 6.04 Å². The van der Waals surface area contributed by atoms with Gasteiger partial charge in [-0.2, -0.15) is 0 Å².